The van der Waals surface area contributed by atoms with Gasteiger partial charge in [0.15, 0.2) is 5.60 Å². The summed E-state index contributed by atoms with van der Waals surface area (Å²) in [7, 11) is 0. The normalized spacial score (nSPS) is 17.2. The Morgan fingerprint density at radius 3 is 2.39 bits per heavy atom. The number of ether oxygens (including phenoxy) is 2. The van der Waals surface area contributed by atoms with Crippen molar-refractivity contribution in [2.75, 3.05) is 5.32 Å². The van der Waals surface area contributed by atoms with E-state index in [2.05, 4.69) is 51.2 Å². The average Bonchev–Trinajstić information content (AvgIpc) is 2.77. The first-order valence-corrected chi connectivity index (χ1v) is 12.4. The molecule has 33 heavy (non-hydrogen) atoms. The molecule has 0 saturated carbocycles. The highest BCUT2D eigenvalue weighted by atomic mass is 32.1. The average molecular weight is 468 g/mol. The quantitative estimate of drug-likeness (QED) is 0.201. The van der Waals surface area contributed by atoms with Crippen LogP contribution in [0, 0.1) is 34.6 Å². The van der Waals surface area contributed by atoms with Crippen LogP contribution in [0.5, 0.6) is 11.5 Å². The Kier molecular flexibility index (Phi) is 7.84. The third kappa shape index (κ3) is 5.24. The number of fused-ring (bicyclic) bond motifs is 1. The Labute approximate surface area is 204 Å². The van der Waals surface area contributed by atoms with Crippen LogP contribution in [0.2, 0.25) is 0 Å². The summed E-state index contributed by atoms with van der Waals surface area (Å²) in [5.74, 6) is 1.40. The molecule has 1 aliphatic rings. The molecule has 1 heterocycles. The first-order chi connectivity index (χ1) is 15.6. The second-order valence-corrected chi connectivity index (χ2v) is 9.91. The van der Waals surface area contributed by atoms with E-state index in [1.807, 2.05) is 20.8 Å². The molecule has 3 rings (SSSR count). The molecule has 0 fully saturated rings. The van der Waals surface area contributed by atoms with Crippen LogP contribution in [0.15, 0.2) is 18.2 Å². The van der Waals surface area contributed by atoms with Crippen molar-refractivity contribution in [2.24, 2.45) is 0 Å². The fraction of sp³-hybridized carbons (Fsp3) is 0.500. The van der Waals surface area contributed by atoms with Crippen LogP contribution < -0.4 is 14.8 Å². The van der Waals surface area contributed by atoms with E-state index < -0.39 is 5.60 Å². The molecule has 0 bridgehead atoms. The van der Waals surface area contributed by atoms with Gasteiger partial charge in [0, 0.05) is 17.7 Å². The zero-order valence-electron chi connectivity index (χ0n) is 21.1. The fourth-order valence-electron chi connectivity index (χ4n) is 4.49. The lowest BCUT2D eigenvalue weighted by atomic mass is 9.87. The predicted molar refractivity (Wildman–Crippen MR) is 140 cm³/mol. The number of nitrogens with one attached hydrogen (secondary N) is 1. The molecular weight excluding hydrogens is 430 g/mol. The molecule has 2 aromatic rings. The van der Waals surface area contributed by atoms with Crippen molar-refractivity contribution in [3.05, 3.63) is 51.6 Å². The summed E-state index contributed by atoms with van der Waals surface area (Å²) in [6, 6.07) is 6.22. The van der Waals surface area contributed by atoms with Gasteiger partial charge in [-0.25, -0.2) is 0 Å². The van der Waals surface area contributed by atoms with E-state index in [9.17, 15) is 4.79 Å². The van der Waals surface area contributed by atoms with Crippen LogP contribution in [0.3, 0.4) is 0 Å². The molecule has 178 valence electrons. The first-order valence-electron chi connectivity index (χ1n) is 12.0. The zero-order valence-corrected chi connectivity index (χ0v) is 21.9. The Morgan fingerprint density at radius 2 is 1.76 bits per heavy atom. The summed E-state index contributed by atoms with van der Waals surface area (Å²) in [4.78, 5) is 13.1. The molecule has 4 nitrogen and oxygen atoms in total. The molecule has 1 N–H and O–H groups in total. The molecule has 0 saturated heterocycles. The van der Waals surface area contributed by atoms with Crippen molar-refractivity contribution in [1.82, 2.24) is 0 Å². The highest BCUT2D eigenvalue weighted by Gasteiger charge is 2.38. The van der Waals surface area contributed by atoms with E-state index >= 15 is 0 Å². The van der Waals surface area contributed by atoms with Gasteiger partial charge in [0.2, 0.25) is 0 Å². The largest absolute Gasteiger partial charge is 0.480 e. The number of rotatable bonds is 7. The Bertz CT molecular complexity index is 1060. The van der Waals surface area contributed by atoms with Gasteiger partial charge in [0.1, 0.15) is 16.5 Å². The molecular formula is C28H37NO3S. The van der Waals surface area contributed by atoms with Gasteiger partial charge in [0.05, 0.1) is 0 Å². The van der Waals surface area contributed by atoms with Crippen molar-refractivity contribution >= 4 is 28.9 Å². The van der Waals surface area contributed by atoms with Crippen LogP contribution in [0.4, 0.5) is 5.69 Å². The van der Waals surface area contributed by atoms with Gasteiger partial charge in [-0.2, -0.15) is 0 Å². The number of hydrogen-bond acceptors (Lipinski definition) is 4. The maximum atomic E-state index is 12.4. The van der Waals surface area contributed by atoms with Gasteiger partial charge >= 0.3 is 5.97 Å². The number of carbonyl (C=O) groups excluding carboxylic acids is 1. The lowest BCUT2D eigenvalue weighted by Gasteiger charge is -2.38. The van der Waals surface area contributed by atoms with Crippen molar-refractivity contribution < 1.29 is 14.3 Å². The summed E-state index contributed by atoms with van der Waals surface area (Å²) in [6.45, 7) is 14.4. The second-order valence-electron chi connectivity index (χ2n) is 9.50. The lowest BCUT2D eigenvalue weighted by Crippen LogP contribution is -2.47. The van der Waals surface area contributed by atoms with Crippen LogP contribution in [-0.2, 0) is 11.2 Å². The number of aryl methyl sites for hydroxylation is 2. The van der Waals surface area contributed by atoms with Crippen molar-refractivity contribution in [3.63, 3.8) is 0 Å². The first kappa shape index (κ1) is 25.2. The molecule has 0 aliphatic carbocycles. The van der Waals surface area contributed by atoms with Crippen LogP contribution >= 0.6 is 12.2 Å². The van der Waals surface area contributed by atoms with Crippen molar-refractivity contribution in [2.45, 2.75) is 92.6 Å². The fourth-order valence-corrected chi connectivity index (χ4v) is 4.73. The minimum Gasteiger partial charge on any atom is -0.480 e. The maximum absolute atomic E-state index is 12.4. The number of unbranched alkanes of at least 4 members (excludes halogenated alkanes) is 2. The minimum absolute atomic E-state index is 0.158. The number of hydrogen-bond donors (Lipinski definition) is 1. The second kappa shape index (κ2) is 10.3. The molecule has 1 aliphatic heterocycles. The number of benzene rings is 2. The van der Waals surface area contributed by atoms with E-state index in [0.29, 0.717) is 17.2 Å². The molecule has 0 radical (unpaired) electrons. The standard InChI is InChI=1S/C28H37NO3S/c1-8-9-10-14-23(30)31-25-19(4)20(5)26-22(21(25)6)15-16-28(7,32-26)27(33)29-24-17(2)12-11-13-18(24)3/h11-13H,8-10,14-16H2,1-7H3,(H,29,33). The number of para-hydroxylation sites is 1. The molecule has 0 spiro atoms. The number of carbonyl (C=O) groups is 1. The minimum atomic E-state index is -0.612. The molecule has 0 aromatic heterocycles. The van der Waals surface area contributed by atoms with Crippen LogP contribution in [-0.4, -0.2) is 16.6 Å². The van der Waals surface area contributed by atoms with Crippen molar-refractivity contribution in [3.8, 4) is 11.5 Å². The number of thiocarbonyl (C=S) groups is 1. The van der Waals surface area contributed by atoms with E-state index in [4.69, 9.17) is 21.7 Å². The summed E-state index contributed by atoms with van der Waals surface area (Å²) in [5.41, 5.74) is 6.82. The van der Waals surface area contributed by atoms with Gasteiger partial charge in [-0.1, -0.05) is 50.2 Å². The van der Waals surface area contributed by atoms with Gasteiger partial charge in [-0.15, -0.1) is 0 Å². The number of anilines is 1. The monoisotopic (exact) mass is 467 g/mol. The summed E-state index contributed by atoms with van der Waals surface area (Å²) < 4.78 is 12.5. The Morgan fingerprint density at radius 1 is 1.09 bits per heavy atom. The summed E-state index contributed by atoms with van der Waals surface area (Å²) >= 11 is 5.85. The summed E-state index contributed by atoms with van der Waals surface area (Å²) in [5, 5.41) is 3.47. The van der Waals surface area contributed by atoms with Gasteiger partial charge in [-0.3, -0.25) is 4.79 Å². The maximum Gasteiger partial charge on any atom is 0.311 e. The van der Waals surface area contributed by atoms with E-state index in [-0.39, 0.29) is 5.97 Å². The third-order valence-corrected chi connectivity index (χ3v) is 7.42. The van der Waals surface area contributed by atoms with Crippen molar-refractivity contribution in [1.29, 1.82) is 0 Å². The molecule has 1 atom stereocenters. The van der Waals surface area contributed by atoms with E-state index in [1.165, 1.54) is 0 Å². The SMILES string of the molecule is CCCCCC(=O)Oc1c(C)c(C)c2c(c1C)CCC(C)(C(=S)Nc1c(C)cccc1C)O2. The van der Waals surface area contributed by atoms with E-state index in [1.54, 1.807) is 0 Å². The summed E-state index contributed by atoms with van der Waals surface area (Å²) in [6.07, 6.45) is 5.01. The van der Waals surface area contributed by atoms with Gasteiger partial charge in [-0.05, 0) is 88.6 Å². The molecule has 0 amide bonds. The molecule has 2 aromatic carbocycles. The lowest BCUT2D eigenvalue weighted by molar-refractivity contribution is -0.134. The highest BCUT2D eigenvalue weighted by Crippen LogP contribution is 2.44. The third-order valence-electron chi connectivity index (χ3n) is 6.89. The molecule has 1 unspecified atom stereocenters. The van der Waals surface area contributed by atoms with E-state index in [0.717, 1.165) is 76.9 Å². The highest BCUT2D eigenvalue weighted by molar-refractivity contribution is 7.80. The Hall–Kier alpha value is -2.40. The van der Waals surface area contributed by atoms with Gasteiger partial charge < -0.3 is 14.8 Å². The molecule has 5 heteroatoms. The predicted octanol–water partition coefficient (Wildman–Crippen LogP) is 7.24. The van der Waals surface area contributed by atoms with Crippen LogP contribution in [0.1, 0.15) is 79.3 Å². The Balaban J connectivity index is 1.85. The smallest absolute Gasteiger partial charge is 0.311 e. The number of esters is 1. The topological polar surface area (TPSA) is 47.6 Å². The van der Waals surface area contributed by atoms with Crippen LogP contribution in [0.25, 0.3) is 0 Å². The van der Waals surface area contributed by atoms with Gasteiger partial charge in [0.25, 0.3) is 0 Å². The zero-order chi connectivity index (χ0) is 24.3.